The molecule has 1 unspecified atom stereocenters. The van der Waals surface area contributed by atoms with Crippen LogP contribution in [0.4, 0.5) is 0 Å². The number of amides is 2. The van der Waals surface area contributed by atoms with Crippen molar-refractivity contribution in [3.63, 3.8) is 0 Å². The predicted molar refractivity (Wildman–Crippen MR) is 193 cm³/mol. The van der Waals surface area contributed by atoms with Crippen molar-refractivity contribution in [3.8, 4) is 0 Å². The van der Waals surface area contributed by atoms with Crippen LogP contribution in [0.1, 0.15) is 138 Å². The van der Waals surface area contributed by atoms with E-state index in [9.17, 15) is 19.2 Å². The third-order valence-electron chi connectivity index (χ3n) is 7.77. The fraction of sp³-hybridized carbons (Fsp3) is 0.824. The molecular weight excluding hydrogens is 827 g/mol. The second-order valence-corrected chi connectivity index (χ2v) is 29.8. The molecule has 0 aromatic heterocycles. The van der Waals surface area contributed by atoms with Crippen LogP contribution in [0, 0.1) is 0 Å². The zero-order valence-corrected chi connectivity index (χ0v) is 36.4. The number of halogens is 2. The second kappa shape index (κ2) is 31.3. The summed E-state index contributed by atoms with van der Waals surface area (Å²) in [6, 6.07) is -1.48. The van der Waals surface area contributed by atoms with E-state index < -0.39 is 79.4 Å². The van der Waals surface area contributed by atoms with E-state index in [-0.39, 0.29) is 19.3 Å². The Labute approximate surface area is 299 Å². The van der Waals surface area contributed by atoms with E-state index >= 15 is 0 Å². The van der Waals surface area contributed by atoms with Gasteiger partial charge in [-0.25, -0.2) is 4.79 Å². The Kier molecular flexibility index (Phi) is 32.7. The smallest absolute Gasteiger partial charge is 0.326 e. The number of carboxylic acids is 2. The average Bonchev–Trinajstić information content (AvgIpc) is 3.20. The number of carbonyl (C=O) groups excluding carboxylic acids is 2. The van der Waals surface area contributed by atoms with Gasteiger partial charge in [0.25, 0.3) is 11.8 Å². The third-order valence-corrected chi connectivity index (χ3v) is 26.7. The maximum atomic E-state index is 11.6. The maximum Gasteiger partial charge on any atom is 0.326 e. The Morgan fingerprint density at radius 2 is 0.889 bits per heavy atom. The molecule has 0 aromatic carbocycles. The molecule has 0 saturated heterocycles. The van der Waals surface area contributed by atoms with Gasteiger partial charge in [0, 0.05) is 6.42 Å². The van der Waals surface area contributed by atoms with Crippen molar-refractivity contribution in [3.05, 3.63) is 10.1 Å². The molecular formula is C34H63Cl2NO6Sn2. The van der Waals surface area contributed by atoms with E-state index in [4.69, 9.17) is 33.4 Å². The number of hydrogen-bond acceptors (Lipinski definition) is 4. The van der Waals surface area contributed by atoms with Crippen molar-refractivity contribution in [2.45, 2.75) is 171 Å². The van der Waals surface area contributed by atoms with Crippen LogP contribution in [0.5, 0.6) is 0 Å². The molecule has 0 spiro atoms. The van der Waals surface area contributed by atoms with Crippen LogP contribution in [-0.4, -0.2) is 84.4 Å². The van der Waals surface area contributed by atoms with Crippen LogP contribution in [0.3, 0.4) is 0 Å². The van der Waals surface area contributed by atoms with Gasteiger partial charge in [-0.05, 0) is 12.8 Å². The number of nitrogens with zero attached hydrogens (tertiary/aromatic N) is 1. The van der Waals surface area contributed by atoms with Gasteiger partial charge in [0.15, 0.2) is 0 Å². The SMILES string of the molecule is CCC[CH2][Sn]([CH2]CCC)[CH2]CCC.CCC[CH2][Sn]([CH2]CCC)[CH2]CCC.O=C(O)CCCC(C(=O)O)N1C(=O)C(Cl)=C(Cl)C1=O. The maximum absolute atomic E-state index is 11.6. The van der Waals surface area contributed by atoms with Gasteiger partial charge in [-0.3, -0.25) is 19.3 Å². The van der Waals surface area contributed by atoms with Crippen molar-refractivity contribution < 1.29 is 29.4 Å². The minimum Gasteiger partial charge on any atom is -0.481 e. The Morgan fingerprint density at radius 1 is 0.600 bits per heavy atom. The van der Waals surface area contributed by atoms with Crippen molar-refractivity contribution in [1.29, 1.82) is 0 Å². The number of rotatable bonds is 24. The predicted octanol–water partition coefficient (Wildman–Crippen LogP) is 10.5. The fourth-order valence-electron chi connectivity index (χ4n) is 4.89. The van der Waals surface area contributed by atoms with Crippen LogP contribution < -0.4 is 0 Å². The van der Waals surface area contributed by atoms with Gasteiger partial charge in [0.2, 0.25) is 0 Å². The zero-order chi connectivity index (χ0) is 34.6. The van der Waals surface area contributed by atoms with Gasteiger partial charge in [-0.1, -0.05) is 23.2 Å². The quantitative estimate of drug-likeness (QED) is 0.0738. The van der Waals surface area contributed by atoms with Gasteiger partial charge in [-0.15, -0.1) is 0 Å². The van der Waals surface area contributed by atoms with Crippen molar-refractivity contribution in [2.24, 2.45) is 0 Å². The molecule has 1 atom stereocenters. The summed E-state index contributed by atoms with van der Waals surface area (Å²) in [5, 5.41) is 16.4. The molecule has 1 heterocycles. The van der Waals surface area contributed by atoms with Gasteiger partial charge in [0.05, 0.1) is 0 Å². The molecule has 0 bridgehead atoms. The van der Waals surface area contributed by atoms with E-state index in [0.717, 1.165) is 0 Å². The molecule has 1 aliphatic rings. The number of unbranched alkanes of at least 4 members (excludes halogenated alkanes) is 6. The first-order chi connectivity index (χ1) is 21.5. The summed E-state index contributed by atoms with van der Waals surface area (Å²) in [6.45, 7) is 14.0. The van der Waals surface area contributed by atoms with Crippen LogP contribution in [0.25, 0.3) is 0 Å². The summed E-state index contributed by atoms with van der Waals surface area (Å²) in [5.41, 5.74) is 0. The Balaban J connectivity index is 0. The molecule has 0 fully saturated rings. The third kappa shape index (κ3) is 23.1. The van der Waals surface area contributed by atoms with Crippen LogP contribution in [0.2, 0.25) is 26.6 Å². The molecule has 0 aromatic rings. The number of carbonyl (C=O) groups is 4. The number of imide groups is 1. The summed E-state index contributed by atoms with van der Waals surface area (Å²) in [4.78, 5) is 45.1. The second-order valence-electron chi connectivity index (χ2n) is 11.9. The van der Waals surface area contributed by atoms with E-state index in [2.05, 4.69) is 41.5 Å². The molecule has 11 heteroatoms. The van der Waals surface area contributed by atoms with E-state index in [1.165, 1.54) is 77.0 Å². The number of aliphatic carboxylic acids is 2. The molecule has 2 radical (unpaired) electrons. The Bertz CT molecular complexity index is 773. The molecule has 1 rings (SSSR count). The summed E-state index contributed by atoms with van der Waals surface area (Å²) in [5.74, 6) is -4.50. The van der Waals surface area contributed by atoms with E-state index in [1.807, 2.05) is 0 Å². The zero-order valence-electron chi connectivity index (χ0n) is 29.2. The van der Waals surface area contributed by atoms with Gasteiger partial charge in [0.1, 0.15) is 16.1 Å². The van der Waals surface area contributed by atoms with Crippen molar-refractivity contribution >= 4 is 86.5 Å². The minimum atomic E-state index is -1.48. The summed E-state index contributed by atoms with van der Waals surface area (Å²) < 4.78 is 10.1. The van der Waals surface area contributed by atoms with Crippen molar-refractivity contribution in [2.75, 3.05) is 0 Å². The first-order valence-electron chi connectivity index (χ1n) is 17.5. The number of hydrogen-bond donors (Lipinski definition) is 2. The standard InChI is InChI=1S/C10H9Cl2NO6.6C4H9.2Sn/c11-6-7(12)9(17)13(8(6)16)4(10(18)19)2-1-3-5(14)15;6*1-3-4-2;;/h4H,1-3H2,(H,14,15)(H,18,19);6*1,3-4H2,2H3;;. The van der Waals surface area contributed by atoms with Crippen molar-refractivity contribution in [1.82, 2.24) is 4.90 Å². The molecule has 2 amide bonds. The topological polar surface area (TPSA) is 112 Å². The number of carboxylic acid groups (broad SMARTS) is 2. The van der Waals surface area contributed by atoms with Crippen LogP contribution >= 0.6 is 23.2 Å². The average molecular weight is 890 g/mol. The summed E-state index contributed by atoms with van der Waals surface area (Å²) >= 11 is 9.29. The fourth-order valence-corrected chi connectivity index (χ4v) is 24.1. The largest absolute Gasteiger partial charge is 0.481 e. The normalized spacial score (nSPS) is 13.6. The summed E-state index contributed by atoms with van der Waals surface area (Å²) in [7, 11) is 0. The van der Waals surface area contributed by atoms with E-state index in [0.29, 0.717) is 4.90 Å². The van der Waals surface area contributed by atoms with Gasteiger partial charge < -0.3 is 10.2 Å². The molecule has 7 nitrogen and oxygen atoms in total. The molecule has 0 aliphatic carbocycles. The van der Waals surface area contributed by atoms with Gasteiger partial charge >= 0.3 is 197 Å². The van der Waals surface area contributed by atoms with Crippen LogP contribution in [-0.2, 0) is 19.2 Å². The molecule has 1 aliphatic heterocycles. The molecule has 262 valence electrons. The monoisotopic (exact) mass is 891 g/mol. The Morgan fingerprint density at radius 3 is 1.11 bits per heavy atom. The summed E-state index contributed by atoms with van der Waals surface area (Å²) in [6.07, 6.45) is 17.2. The first kappa shape index (κ1) is 47.1. The Hall–Kier alpha value is -0.00260. The molecule has 45 heavy (non-hydrogen) atoms. The van der Waals surface area contributed by atoms with Gasteiger partial charge in [-0.2, -0.15) is 0 Å². The van der Waals surface area contributed by atoms with E-state index in [1.54, 1.807) is 26.6 Å². The first-order valence-corrected chi connectivity index (χ1v) is 30.4. The molecule has 2 N–H and O–H groups in total. The van der Waals surface area contributed by atoms with Crippen LogP contribution in [0.15, 0.2) is 10.1 Å². The minimum absolute atomic E-state index is 0.00139. The molecule has 0 saturated carbocycles.